The topological polar surface area (TPSA) is 32.7 Å². The first-order valence-electron chi connectivity index (χ1n) is 5.34. The van der Waals surface area contributed by atoms with Gasteiger partial charge in [-0.15, -0.1) is 0 Å². The molecule has 1 fully saturated rings. The summed E-state index contributed by atoms with van der Waals surface area (Å²) < 4.78 is 5.66. The summed E-state index contributed by atoms with van der Waals surface area (Å²) in [5.41, 5.74) is 1.07. The molecule has 1 heterocycles. The molecule has 0 bridgehead atoms. The van der Waals surface area contributed by atoms with Crippen LogP contribution >= 0.6 is 0 Å². The fourth-order valence-electron chi connectivity index (χ4n) is 2.08. The van der Waals surface area contributed by atoms with E-state index in [2.05, 4.69) is 18.7 Å². The summed E-state index contributed by atoms with van der Waals surface area (Å²) in [4.78, 5) is 2.25. The van der Waals surface area contributed by atoms with Crippen LogP contribution < -0.4 is 4.90 Å². The van der Waals surface area contributed by atoms with Gasteiger partial charge in [0.05, 0.1) is 12.2 Å². The lowest BCUT2D eigenvalue weighted by Gasteiger charge is -2.36. The predicted molar refractivity (Wildman–Crippen MR) is 60.3 cm³/mol. The monoisotopic (exact) mass is 207 g/mol. The SMILES string of the molecule is CC1CN(c2cccc(O)c2)CC(C)O1. The molecule has 2 atom stereocenters. The Morgan fingerprint density at radius 1 is 1.27 bits per heavy atom. The Kier molecular flexibility index (Phi) is 2.82. The molecule has 82 valence electrons. The van der Waals surface area contributed by atoms with Gasteiger partial charge < -0.3 is 14.7 Å². The standard InChI is InChI=1S/C12H17NO2/c1-9-7-13(8-10(2)15-9)11-4-3-5-12(14)6-11/h3-6,9-10,14H,7-8H2,1-2H3. The van der Waals surface area contributed by atoms with E-state index in [4.69, 9.17) is 4.74 Å². The average molecular weight is 207 g/mol. The summed E-state index contributed by atoms with van der Waals surface area (Å²) in [6, 6.07) is 7.38. The molecule has 1 saturated heterocycles. The molecule has 2 rings (SSSR count). The van der Waals surface area contributed by atoms with Gasteiger partial charge in [-0.1, -0.05) is 6.07 Å². The highest BCUT2D eigenvalue weighted by molar-refractivity contribution is 5.50. The van der Waals surface area contributed by atoms with Crippen LogP contribution in [-0.4, -0.2) is 30.4 Å². The van der Waals surface area contributed by atoms with Crippen LogP contribution in [-0.2, 0) is 4.74 Å². The number of aromatic hydroxyl groups is 1. The molecule has 1 aliphatic rings. The third-order valence-electron chi connectivity index (χ3n) is 2.61. The summed E-state index contributed by atoms with van der Waals surface area (Å²) >= 11 is 0. The normalized spacial score (nSPS) is 26.7. The summed E-state index contributed by atoms with van der Waals surface area (Å²) in [5, 5.41) is 9.42. The number of anilines is 1. The predicted octanol–water partition coefficient (Wildman–Crippen LogP) is 2.01. The fraction of sp³-hybridized carbons (Fsp3) is 0.500. The number of phenolic OH excluding ortho intramolecular Hbond substituents is 1. The van der Waals surface area contributed by atoms with Crippen LogP contribution in [0.3, 0.4) is 0 Å². The van der Waals surface area contributed by atoms with E-state index in [-0.39, 0.29) is 12.2 Å². The van der Waals surface area contributed by atoms with Gasteiger partial charge in [-0.25, -0.2) is 0 Å². The first-order valence-corrected chi connectivity index (χ1v) is 5.34. The molecule has 0 amide bonds. The molecule has 1 aromatic rings. The Bertz CT molecular complexity index is 330. The second-order valence-electron chi connectivity index (χ2n) is 4.18. The fourth-order valence-corrected chi connectivity index (χ4v) is 2.08. The van der Waals surface area contributed by atoms with E-state index in [0.29, 0.717) is 5.75 Å². The Morgan fingerprint density at radius 2 is 1.93 bits per heavy atom. The van der Waals surface area contributed by atoms with E-state index in [0.717, 1.165) is 18.8 Å². The maximum Gasteiger partial charge on any atom is 0.117 e. The summed E-state index contributed by atoms with van der Waals surface area (Å²) in [7, 11) is 0. The lowest BCUT2D eigenvalue weighted by molar-refractivity contribution is -0.00522. The zero-order valence-electron chi connectivity index (χ0n) is 9.18. The van der Waals surface area contributed by atoms with Gasteiger partial charge in [-0.2, -0.15) is 0 Å². The molecule has 0 spiro atoms. The highest BCUT2D eigenvalue weighted by atomic mass is 16.5. The van der Waals surface area contributed by atoms with Crippen LogP contribution in [0.15, 0.2) is 24.3 Å². The van der Waals surface area contributed by atoms with E-state index in [1.165, 1.54) is 0 Å². The first kappa shape index (κ1) is 10.3. The quantitative estimate of drug-likeness (QED) is 0.764. The van der Waals surface area contributed by atoms with Gasteiger partial charge in [0.1, 0.15) is 5.75 Å². The van der Waals surface area contributed by atoms with Crippen molar-refractivity contribution in [3.05, 3.63) is 24.3 Å². The minimum Gasteiger partial charge on any atom is -0.508 e. The first-order chi connectivity index (χ1) is 7.15. The van der Waals surface area contributed by atoms with Gasteiger partial charge in [0, 0.05) is 24.8 Å². The van der Waals surface area contributed by atoms with Crippen molar-refractivity contribution >= 4 is 5.69 Å². The highest BCUT2D eigenvalue weighted by Crippen LogP contribution is 2.23. The number of benzene rings is 1. The van der Waals surface area contributed by atoms with Gasteiger partial charge in [0.15, 0.2) is 0 Å². The molecule has 3 heteroatoms. The van der Waals surface area contributed by atoms with Gasteiger partial charge in [-0.05, 0) is 26.0 Å². The van der Waals surface area contributed by atoms with Gasteiger partial charge in [0.25, 0.3) is 0 Å². The molecule has 0 saturated carbocycles. The number of morpholine rings is 1. The van der Waals surface area contributed by atoms with Crippen LogP contribution in [0.4, 0.5) is 5.69 Å². The largest absolute Gasteiger partial charge is 0.508 e. The summed E-state index contributed by atoms with van der Waals surface area (Å²) in [6.07, 6.45) is 0.493. The second kappa shape index (κ2) is 4.11. The van der Waals surface area contributed by atoms with Crippen molar-refractivity contribution in [2.45, 2.75) is 26.1 Å². The number of hydrogen-bond acceptors (Lipinski definition) is 3. The number of nitrogens with zero attached hydrogens (tertiary/aromatic N) is 1. The Morgan fingerprint density at radius 3 is 2.53 bits per heavy atom. The third-order valence-corrected chi connectivity index (χ3v) is 2.61. The zero-order chi connectivity index (χ0) is 10.8. The molecule has 0 aliphatic carbocycles. The number of rotatable bonds is 1. The van der Waals surface area contributed by atoms with Gasteiger partial charge in [-0.3, -0.25) is 0 Å². The second-order valence-corrected chi connectivity index (χ2v) is 4.18. The highest BCUT2D eigenvalue weighted by Gasteiger charge is 2.22. The van der Waals surface area contributed by atoms with Gasteiger partial charge >= 0.3 is 0 Å². The van der Waals surface area contributed by atoms with Crippen LogP contribution in [0.2, 0.25) is 0 Å². The Hall–Kier alpha value is -1.22. The van der Waals surface area contributed by atoms with Crippen molar-refractivity contribution in [1.82, 2.24) is 0 Å². The van der Waals surface area contributed by atoms with E-state index in [1.807, 2.05) is 12.1 Å². The molecule has 0 aromatic heterocycles. The lowest BCUT2D eigenvalue weighted by Crippen LogP contribution is -2.45. The van der Waals surface area contributed by atoms with E-state index >= 15 is 0 Å². The van der Waals surface area contributed by atoms with E-state index in [1.54, 1.807) is 12.1 Å². The lowest BCUT2D eigenvalue weighted by atomic mass is 10.2. The molecular formula is C12H17NO2. The van der Waals surface area contributed by atoms with Crippen molar-refractivity contribution in [1.29, 1.82) is 0 Å². The maximum absolute atomic E-state index is 9.42. The van der Waals surface area contributed by atoms with Crippen LogP contribution in [0, 0.1) is 0 Å². The van der Waals surface area contributed by atoms with Crippen LogP contribution in [0.1, 0.15) is 13.8 Å². The summed E-state index contributed by atoms with van der Waals surface area (Å²) in [6.45, 7) is 5.92. The maximum atomic E-state index is 9.42. The van der Waals surface area contributed by atoms with Crippen molar-refractivity contribution < 1.29 is 9.84 Å². The number of phenols is 1. The number of hydrogen-bond donors (Lipinski definition) is 1. The molecule has 1 aromatic carbocycles. The molecular weight excluding hydrogens is 190 g/mol. The molecule has 3 nitrogen and oxygen atoms in total. The molecule has 15 heavy (non-hydrogen) atoms. The minimum absolute atomic E-state index is 0.246. The van der Waals surface area contributed by atoms with E-state index < -0.39 is 0 Å². The number of ether oxygens (including phenoxy) is 1. The molecule has 2 unspecified atom stereocenters. The Balaban J connectivity index is 2.16. The van der Waals surface area contributed by atoms with E-state index in [9.17, 15) is 5.11 Å². The van der Waals surface area contributed by atoms with Crippen molar-refractivity contribution in [2.24, 2.45) is 0 Å². The van der Waals surface area contributed by atoms with Crippen LogP contribution in [0.25, 0.3) is 0 Å². The van der Waals surface area contributed by atoms with Crippen molar-refractivity contribution in [3.63, 3.8) is 0 Å². The van der Waals surface area contributed by atoms with Gasteiger partial charge in [0.2, 0.25) is 0 Å². The van der Waals surface area contributed by atoms with Crippen LogP contribution in [0.5, 0.6) is 5.75 Å². The zero-order valence-corrected chi connectivity index (χ0v) is 9.18. The Labute approximate surface area is 90.3 Å². The summed E-state index contributed by atoms with van der Waals surface area (Å²) in [5.74, 6) is 0.319. The van der Waals surface area contributed by atoms with Crippen molar-refractivity contribution in [2.75, 3.05) is 18.0 Å². The molecule has 1 N–H and O–H groups in total. The molecule has 0 radical (unpaired) electrons. The third kappa shape index (κ3) is 2.42. The van der Waals surface area contributed by atoms with Crippen molar-refractivity contribution in [3.8, 4) is 5.75 Å². The molecule has 1 aliphatic heterocycles. The average Bonchev–Trinajstić information content (AvgIpc) is 2.16. The smallest absolute Gasteiger partial charge is 0.117 e. The minimum atomic E-state index is 0.246.